The summed E-state index contributed by atoms with van der Waals surface area (Å²) >= 11 is 0. The van der Waals surface area contributed by atoms with Crippen molar-refractivity contribution in [2.24, 2.45) is 5.92 Å². The Balaban J connectivity index is 1.56. The number of carbonyl (C=O) groups is 2. The third-order valence-corrected chi connectivity index (χ3v) is 7.57. The maximum Gasteiger partial charge on any atom is 0.338 e. The molecule has 8 nitrogen and oxygen atoms in total. The molecule has 1 aromatic carbocycles. The van der Waals surface area contributed by atoms with E-state index in [4.69, 9.17) is 9.47 Å². The summed E-state index contributed by atoms with van der Waals surface area (Å²) in [5.74, 6) is -0.589. The summed E-state index contributed by atoms with van der Waals surface area (Å²) in [5.41, 5.74) is 0.0931. The van der Waals surface area contributed by atoms with E-state index in [1.807, 2.05) is 13.8 Å². The molecule has 9 heteroatoms. The Kier molecular flexibility index (Phi) is 8.07. The van der Waals surface area contributed by atoms with E-state index in [-0.39, 0.29) is 48.3 Å². The lowest BCUT2D eigenvalue weighted by Crippen LogP contribution is -2.48. The molecule has 0 unspecified atom stereocenters. The highest BCUT2D eigenvalue weighted by atomic mass is 32.2. The first-order valence-corrected chi connectivity index (χ1v) is 12.4. The van der Waals surface area contributed by atoms with Gasteiger partial charge in [-0.25, -0.2) is 13.2 Å². The first kappa shape index (κ1) is 23.7. The topological polar surface area (TPSA) is 102 Å². The molecule has 1 heterocycles. The third-order valence-electron chi connectivity index (χ3n) is 5.74. The molecule has 1 aromatic rings. The zero-order valence-corrected chi connectivity index (χ0v) is 19.0. The van der Waals surface area contributed by atoms with Crippen molar-refractivity contribution in [3.63, 3.8) is 0 Å². The van der Waals surface area contributed by atoms with Gasteiger partial charge in [-0.05, 0) is 50.8 Å². The molecule has 1 saturated carbocycles. The number of amides is 1. The maximum atomic E-state index is 13.0. The molecule has 1 aliphatic carbocycles. The molecule has 1 amide bonds. The first-order valence-electron chi connectivity index (χ1n) is 10.9. The van der Waals surface area contributed by atoms with E-state index in [0.29, 0.717) is 12.5 Å². The summed E-state index contributed by atoms with van der Waals surface area (Å²) in [6.07, 6.45) is 5.44. The highest BCUT2D eigenvalue weighted by Gasteiger charge is 2.32. The van der Waals surface area contributed by atoms with Crippen molar-refractivity contribution in [1.29, 1.82) is 0 Å². The molecular weight excluding hydrogens is 420 g/mol. The Labute approximate surface area is 184 Å². The van der Waals surface area contributed by atoms with Crippen molar-refractivity contribution in [2.45, 2.75) is 63.1 Å². The van der Waals surface area contributed by atoms with Crippen LogP contribution >= 0.6 is 0 Å². The van der Waals surface area contributed by atoms with Crippen LogP contribution in [0.1, 0.15) is 56.3 Å². The lowest BCUT2D eigenvalue weighted by atomic mass is 9.89. The van der Waals surface area contributed by atoms with Gasteiger partial charge in [-0.15, -0.1) is 0 Å². The minimum Gasteiger partial charge on any atom is -0.452 e. The van der Waals surface area contributed by atoms with Gasteiger partial charge in [0.15, 0.2) is 6.61 Å². The normalized spacial score (nSPS) is 23.3. The van der Waals surface area contributed by atoms with Gasteiger partial charge in [-0.2, -0.15) is 4.31 Å². The van der Waals surface area contributed by atoms with Crippen LogP contribution in [0.3, 0.4) is 0 Å². The van der Waals surface area contributed by atoms with Gasteiger partial charge in [-0.1, -0.05) is 25.3 Å². The number of morpholine rings is 1. The zero-order chi connectivity index (χ0) is 22.4. The average molecular weight is 453 g/mol. The van der Waals surface area contributed by atoms with E-state index in [1.54, 1.807) is 0 Å². The number of carbonyl (C=O) groups excluding carboxylic acids is 2. The summed E-state index contributed by atoms with van der Waals surface area (Å²) in [7, 11) is -3.77. The van der Waals surface area contributed by atoms with Crippen molar-refractivity contribution >= 4 is 21.9 Å². The average Bonchev–Trinajstić information content (AvgIpc) is 2.76. The Morgan fingerprint density at radius 1 is 1.13 bits per heavy atom. The predicted octanol–water partition coefficient (Wildman–Crippen LogP) is 2.34. The molecule has 0 bridgehead atoms. The zero-order valence-electron chi connectivity index (χ0n) is 18.2. The molecule has 0 aromatic heterocycles. The van der Waals surface area contributed by atoms with Gasteiger partial charge in [0.05, 0.1) is 22.7 Å². The second kappa shape index (κ2) is 10.6. The molecule has 2 fully saturated rings. The molecule has 0 spiro atoms. The van der Waals surface area contributed by atoms with E-state index in [1.165, 1.54) is 47.8 Å². The van der Waals surface area contributed by atoms with Crippen molar-refractivity contribution in [1.82, 2.24) is 9.62 Å². The number of esters is 1. The van der Waals surface area contributed by atoms with Crippen LogP contribution in [0.15, 0.2) is 29.2 Å². The summed E-state index contributed by atoms with van der Waals surface area (Å²) in [6, 6.07) is 5.72. The summed E-state index contributed by atoms with van der Waals surface area (Å²) in [4.78, 5) is 24.4. The Hall–Kier alpha value is -1.97. The summed E-state index contributed by atoms with van der Waals surface area (Å²) in [6.45, 7) is 4.36. The van der Waals surface area contributed by atoms with Crippen LogP contribution in [0.5, 0.6) is 0 Å². The number of sulfonamides is 1. The fraction of sp³-hybridized carbons (Fsp3) is 0.636. The highest BCUT2D eigenvalue weighted by molar-refractivity contribution is 7.89. The second-order valence-electron chi connectivity index (χ2n) is 8.49. The van der Waals surface area contributed by atoms with Gasteiger partial charge in [0.1, 0.15) is 0 Å². The lowest BCUT2D eigenvalue weighted by molar-refractivity contribution is -0.124. The van der Waals surface area contributed by atoms with Crippen LogP contribution in [-0.4, -0.2) is 63.0 Å². The lowest BCUT2D eigenvalue weighted by Gasteiger charge is -2.34. The van der Waals surface area contributed by atoms with Crippen LogP contribution in [0.2, 0.25) is 0 Å². The minimum absolute atomic E-state index is 0.0185. The summed E-state index contributed by atoms with van der Waals surface area (Å²) < 4.78 is 38.1. The SMILES string of the molecule is C[C@@H]1CN(S(=O)(=O)c2cccc(C(=O)OCC(=O)NCC3CCCCC3)c2)C[C@H](C)O1. The smallest absolute Gasteiger partial charge is 0.338 e. The van der Waals surface area contributed by atoms with Crippen LogP contribution in [0.4, 0.5) is 0 Å². The van der Waals surface area contributed by atoms with Crippen molar-refractivity contribution in [2.75, 3.05) is 26.2 Å². The molecule has 3 rings (SSSR count). The minimum atomic E-state index is -3.77. The van der Waals surface area contributed by atoms with Crippen LogP contribution in [0.25, 0.3) is 0 Å². The van der Waals surface area contributed by atoms with Gasteiger partial charge < -0.3 is 14.8 Å². The molecule has 172 valence electrons. The number of rotatable bonds is 7. The van der Waals surface area contributed by atoms with Crippen LogP contribution in [-0.2, 0) is 24.3 Å². The van der Waals surface area contributed by atoms with Gasteiger partial charge >= 0.3 is 5.97 Å². The van der Waals surface area contributed by atoms with Gasteiger partial charge in [0.2, 0.25) is 10.0 Å². The molecule has 31 heavy (non-hydrogen) atoms. The number of hydrogen-bond acceptors (Lipinski definition) is 6. The van der Waals surface area contributed by atoms with Crippen molar-refractivity contribution in [3.05, 3.63) is 29.8 Å². The monoisotopic (exact) mass is 452 g/mol. The Bertz CT molecular complexity index is 872. The predicted molar refractivity (Wildman–Crippen MR) is 115 cm³/mol. The van der Waals surface area contributed by atoms with Crippen LogP contribution < -0.4 is 5.32 Å². The van der Waals surface area contributed by atoms with Gasteiger partial charge in [-0.3, -0.25) is 4.79 Å². The molecule has 0 radical (unpaired) electrons. The molecule has 1 saturated heterocycles. The van der Waals surface area contributed by atoms with Crippen molar-refractivity contribution in [3.8, 4) is 0 Å². The molecule has 2 atom stereocenters. The summed E-state index contributed by atoms with van der Waals surface area (Å²) in [5, 5.41) is 2.82. The fourth-order valence-corrected chi connectivity index (χ4v) is 5.81. The molecule has 1 N–H and O–H groups in total. The van der Waals surface area contributed by atoms with Crippen molar-refractivity contribution < 1.29 is 27.5 Å². The quantitative estimate of drug-likeness (QED) is 0.637. The Morgan fingerprint density at radius 3 is 2.48 bits per heavy atom. The first-order chi connectivity index (χ1) is 14.8. The largest absolute Gasteiger partial charge is 0.452 e. The Morgan fingerprint density at radius 2 is 1.81 bits per heavy atom. The van der Waals surface area contributed by atoms with E-state index in [9.17, 15) is 18.0 Å². The second-order valence-corrected chi connectivity index (χ2v) is 10.4. The third kappa shape index (κ3) is 6.51. The van der Waals surface area contributed by atoms with E-state index >= 15 is 0 Å². The standard InChI is InChI=1S/C22H32N2O6S/c1-16-13-24(14-17(2)30-16)31(27,28)20-10-6-9-19(11-20)22(26)29-15-21(25)23-12-18-7-4-3-5-8-18/h6,9-11,16-18H,3-5,7-8,12-15H2,1-2H3,(H,23,25)/t16-,17+. The van der Waals surface area contributed by atoms with E-state index < -0.39 is 16.0 Å². The molecule has 1 aliphatic heterocycles. The fourth-order valence-electron chi connectivity index (χ4n) is 4.17. The number of hydrogen-bond donors (Lipinski definition) is 1. The number of ether oxygens (including phenoxy) is 2. The molecule has 2 aliphatic rings. The van der Waals surface area contributed by atoms with E-state index in [2.05, 4.69) is 5.32 Å². The maximum absolute atomic E-state index is 13.0. The number of nitrogens with zero attached hydrogens (tertiary/aromatic N) is 1. The van der Waals surface area contributed by atoms with E-state index in [0.717, 1.165) is 12.8 Å². The van der Waals surface area contributed by atoms with Gasteiger partial charge in [0.25, 0.3) is 5.91 Å². The number of benzene rings is 1. The number of nitrogens with one attached hydrogen (secondary N) is 1. The molecular formula is C22H32N2O6S. The highest BCUT2D eigenvalue weighted by Crippen LogP contribution is 2.23. The van der Waals surface area contributed by atoms with Gasteiger partial charge in [0, 0.05) is 19.6 Å². The van der Waals surface area contributed by atoms with Crippen LogP contribution in [0, 0.1) is 5.92 Å².